The van der Waals surface area contributed by atoms with Crippen molar-refractivity contribution in [2.45, 2.75) is 0 Å². The summed E-state index contributed by atoms with van der Waals surface area (Å²) in [5, 5.41) is 7.71. The van der Waals surface area contributed by atoms with E-state index in [1.54, 1.807) is 0 Å². The minimum absolute atomic E-state index is 1.14. The molecule has 0 amide bonds. The summed E-state index contributed by atoms with van der Waals surface area (Å²) in [5.41, 5.74) is 11.8. The number of aromatic nitrogens is 3. The molecule has 6 aromatic carbocycles. The number of hydrogen-bond donors (Lipinski definition) is 0. The van der Waals surface area contributed by atoms with Gasteiger partial charge in [-0.3, -0.25) is 15.0 Å². The smallest absolute Gasteiger partial charge is 0.0273 e. The number of hydrogen-bond acceptors (Lipinski definition) is 3. The van der Waals surface area contributed by atoms with Crippen molar-refractivity contribution in [3.8, 4) is 55.6 Å². The van der Waals surface area contributed by atoms with Gasteiger partial charge in [0.15, 0.2) is 0 Å². The summed E-state index contributed by atoms with van der Waals surface area (Å²) in [6.07, 6.45) is 11.1. The van der Waals surface area contributed by atoms with Crippen LogP contribution in [-0.4, -0.2) is 15.0 Å². The van der Waals surface area contributed by atoms with E-state index in [9.17, 15) is 0 Å². The van der Waals surface area contributed by atoms with Gasteiger partial charge in [-0.1, -0.05) is 72.8 Å². The fourth-order valence-corrected chi connectivity index (χ4v) is 6.89. The second kappa shape index (κ2) is 10.8. The molecule has 9 rings (SSSR count). The van der Waals surface area contributed by atoms with Crippen LogP contribution in [0.1, 0.15) is 0 Å². The van der Waals surface area contributed by atoms with Gasteiger partial charge in [-0.2, -0.15) is 0 Å². The lowest BCUT2D eigenvalue weighted by Gasteiger charge is -2.17. The second-order valence-corrected chi connectivity index (χ2v) is 11.7. The van der Waals surface area contributed by atoms with Gasteiger partial charge < -0.3 is 0 Å². The Morgan fingerprint density at radius 2 is 0.587 bits per heavy atom. The van der Waals surface area contributed by atoms with Gasteiger partial charge in [-0.25, -0.2) is 0 Å². The second-order valence-electron chi connectivity index (χ2n) is 11.7. The van der Waals surface area contributed by atoms with Gasteiger partial charge >= 0.3 is 0 Å². The molecule has 0 fully saturated rings. The molecule has 3 nitrogen and oxygen atoms in total. The summed E-state index contributed by atoms with van der Waals surface area (Å²) in [4.78, 5) is 12.7. The molecule has 46 heavy (non-hydrogen) atoms. The van der Waals surface area contributed by atoms with E-state index in [0.717, 1.165) is 22.3 Å². The van der Waals surface area contributed by atoms with E-state index in [1.165, 1.54) is 65.7 Å². The van der Waals surface area contributed by atoms with Crippen molar-refractivity contribution in [1.82, 2.24) is 15.0 Å². The zero-order valence-electron chi connectivity index (χ0n) is 24.9. The molecular weight excluding hydrogens is 558 g/mol. The van der Waals surface area contributed by atoms with Crippen LogP contribution in [0.4, 0.5) is 0 Å². The molecule has 0 aliphatic heterocycles. The Bertz CT molecular complexity index is 2430. The molecule has 0 spiro atoms. The van der Waals surface area contributed by atoms with Crippen LogP contribution in [0.2, 0.25) is 0 Å². The lowest BCUT2D eigenvalue weighted by molar-refractivity contribution is 1.33. The molecule has 0 radical (unpaired) electrons. The first-order valence-corrected chi connectivity index (χ1v) is 15.5. The molecule has 3 aromatic heterocycles. The Labute approximate surface area is 266 Å². The highest BCUT2D eigenvalue weighted by Crippen LogP contribution is 2.42. The van der Waals surface area contributed by atoms with E-state index >= 15 is 0 Å². The minimum Gasteiger partial charge on any atom is -0.265 e. The summed E-state index contributed by atoms with van der Waals surface area (Å²) < 4.78 is 0. The lowest BCUT2D eigenvalue weighted by Crippen LogP contribution is -1.90. The zero-order chi connectivity index (χ0) is 30.5. The van der Waals surface area contributed by atoms with Crippen molar-refractivity contribution >= 4 is 32.3 Å². The molecule has 0 saturated heterocycles. The molecule has 3 heterocycles. The van der Waals surface area contributed by atoms with Gasteiger partial charge in [-0.15, -0.1) is 0 Å². The van der Waals surface area contributed by atoms with Gasteiger partial charge in [0.05, 0.1) is 0 Å². The number of benzene rings is 6. The van der Waals surface area contributed by atoms with Gasteiger partial charge in [-0.05, 0) is 143 Å². The van der Waals surface area contributed by atoms with Crippen molar-refractivity contribution < 1.29 is 0 Å². The standard InChI is InChI=1S/C43H27N3/c1-3-31(4-2-28(1)35-25-36(29-13-19-44-20-14-29)27-37(26-35)30-15-21-45-22-16-30)38-9-5-33-8-12-41-39(32-17-23-46-24-18-32)10-6-34-7-11-40(38)42(33)43(34)41/h1-27H. The number of rotatable bonds is 5. The molecule has 9 aromatic rings. The van der Waals surface area contributed by atoms with Crippen molar-refractivity contribution in [3.05, 3.63) is 165 Å². The third-order valence-electron chi connectivity index (χ3n) is 9.15. The summed E-state index contributed by atoms with van der Waals surface area (Å²) >= 11 is 0. The minimum atomic E-state index is 1.14. The van der Waals surface area contributed by atoms with Crippen LogP contribution >= 0.6 is 0 Å². The van der Waals surface area contributed by atoms with Crippen LogP contribution in [0, 0.1) is 0 Å². The fraction of sp³-hybridized carbons (Fsp3) is 0. The summed E-state index contributed by atoms with van der Waals surface area (Å²) in [5.74, 6) is 0. The Kier molecular flexibility index (Phi) is 6.14. The van der Waals surface area contributed by atoms with Crippen LogP contribution < -0.4 is 0 Å². The zero-order valence-corrected chi connectivity index (χ0v) is 24.9. The average molecular weight is 586 g/mol. The van der Waals surface area contributed by atoms with Crippen LogP contribution in [-0.2, 0) is 0 Å². The molecule has 0 N–H and O–H groups in total. The third-order valence-corrected chi connectivity index (χ3v) is 9.15. The van der Waals surface area contributed by atoms with Gasteiger partial charge in [0.2, 0.25) is 0 Å². The predicted molar refractivity (Wildman–Crippen MR) is 191 cm³/mol. The van der Waals surface area contributed by atoms with Crippen molar-refractivity contribution in [2.75, 3.05) is 0 Å². The Hall–Kier alpha value is -6.19. The fourth-order valence-electron chi connectivity index (χ4n) is 6.89. The monoisotopic (exact) mass is 585 g/mol. The summed E-state index contributed by atoms with van der Waals surface area (Å²) in [6, 6.07) is 46.3. The van der Waals surface area contributed by atoms with E-state index in [4.69, 9.17) is 0 Å². The van der Waals surface area contributed by atoms with E-state index in [-0.39, 0.29) is 0 Å². The average Bonchev–Trinajstić information content (AvgIpc) is 3.14. The normalized spacial score (nSPS) is 11.5. The van der Waals surface area contributed by atoms with E-state index < -0.39 is 0 Å². The molecule has 3 heteroatoms. The number of pyridine rings is 3. The highest BCUT2D eigenvalue weighted by Gasteiger charge is 2.15. The first-order chi connectivity index (χ1) is 22.8. The lowest BCUT2D eigenvalue weighted by atomic mass is 9.87. The maximum Gasteiger partial charge on any atom is 0.0273 e. The molecule has 0 bridgehead atoms. The van der Waals surface area contributed by atoms with Gasteiger partial charge in [0.25, 0.3) is 0 Å². The van der Waals surface area contributed by atoms with Gasteiger partial charge in [0.1, 0.15) is 0 Å². The first-order valence-electron chi connectivity index (χ1n) is 15.5. The maximum absolute atomic E-state index is 4.23. The summed E-state index contributed by atoms with van der Waals surface area (Å²) in [6.45, 7) is 0. The highest BCUT2D eigenvalue weighted by atomic mass is 14.6. The molecular formula is C43H27N3. The number of nitrogens with zero attached hydrogens (tertiary/aromatic N) is 3. The topological polar surface area (TPSA) is 38.7 Å². The van der Waals surface area contributed by atoms with Gasteiger partial charge in [0, 0.05) is 37.2 Å². The van der Waals surface area contributed by atoms with Crippen LogP contribution in [0.3, 0.4) is 0 Å². The summed E-state index contributed by atoms with van der Waals surface area (Å²) in [7, 11) is 0. The Morgan fingerprint density at radius 1 is 0.261 bits per heavy atom. The van der Waals surface area contributed by atoms with Crippen molar-refractivity contribution in [2.24, 2.45) is 0 Å². The molecule has 214 valence electrons. The molecule has 0 aliphatic rings. The highest BCUT2D eigenvalue weighted by molar-refractivity contribution is 6.27. The predicted octanol–water partition coefficient (Wildman–Crippen LogP) is 11.1. The Balaban J connectivity index is 1.17. The van der Waals surface area contributed by atoms with Crippen molar-refractivity contribution in [1.29, 1.82) is 0 Å². The van der Waals surface area contributed by atoms with Crippen LogP contribution in [0.5, 0.6) is 0 Å². The molecule has 0 atom stereocenters. The van der Waals surface area contributed by atoms with E-state index in [0.29, 0.717) is 0 Å². The molecule has 0 aliphatic carbocycles. The quantitative estimate of drug-likeness (QED) is 0.189. The molecule has 0 unspecified atom stereocenters. The van der Waals surface area contributed by atoms with E-state index in [1.807, 2.05) is 37.2 Å². The first kappa shape index (κ1) is 26.2. The van der Waals surface area contributed by atoms with Crippen LogP contribution in [0.15, 0.2) is 165 Å². The maximum atomic E-state index is 4.23. The third kappa shape index (κ3) is 4.41. The van der Waals surface area contributed by atoms with E-state index in [2.05, 4.69) is 142 Å². The SMILES string of the molecule is c1cc(-c2cc(-c3ccncc3)cc(-c3ccc(-c4ccc5ccc6c(-c7ccncc7)ccc7ccc4c5c76)cc3)c2)ccn1. The van der Waals surface area contributed by atoms with Crippen LogP contribution in [0.25, 0.3) is 88.0 Å². The largest absolute Gasteiger partial charge is 0.265 e. The Morgan fingerprint density at radius 3 is 1.02 bits per heavy atom. The molecule has 0 saturated carbocycles. The van der Waals surface area contributed by atoms with Crippen molar-refractivity contribution in [3.63, 3.8) is 0 Å².